The lowest BCUT2D eigenvalue weighted by Crippen LogP contribution is -2.28. The number of rotatable bonds is 4. The Labute approximate surface area is 148 Å². The van der Waals surface area contributed by atoms with Gasteiger partial charge in [0.1, 0.15) is 16.4 Å². The predicted molar refractivity (Wildman–Crippen MR) is 88.8 cm³/mol. The highest BCUT2D eigenvalue weighted by Gasteiger charge is 2.31. The molecule has 0 spiro atoms. The van der Waals surface area contributed by atoms with Crippen molar-refractivity contribution in [2.24, 2.45) is 0 Å². The Morgan fingerprint density at radius 1 is 1.19 bits per heavy atom. The summed E-state index contributed by atoms with van der Waals surface area (Å²) in [5.41, 5.74) is 5.23. The van der Waals surface area contributed by atoms with Gasteiger partial charge in [-0.15, -0.1) is 0 Å². The number of hydrazine groups is 1. The van der Waals surface area contributed by atoms with Crippen LogP contribution in [0.1, 0.15) is 36.5 Å². The molecule has 1 saturated heterocycles. The smallest absolute Gasteiger partial charge is 0.416 e. The van der Waals surface area contributed by atoms with Crippen LogP contribution in [-0.4, -0.2) is 14.5 Å². The van der Waals surface area contributed by atoms with Gasteiger partial charge >= 0.3 is 6.18 Å². The topological polar surface area (TPSA) is 83.4 Å². The zero-order chi connectivity index (χ0) is 19.1. The molecule has 6 nitrogen and oxygen atoms in total. The second-order valence-corrected chi connectivity index (χ2v) is 7.88. The fourth-order valence-electron chi connectivity index (χ4n) is 2.76. The lowest BCUT2D eigenvalue weighted by Gasteiger charge is -2.09. The van der Waals surface area contributed by atoms with E-state index in [9.17, 15) is 21.6 Å². The first-order chi connectivity index (χ1) is 12.1. The Kier molecular flexibility index (Phi) is 4.76. The van der Waals surface area contributed by atoms with Gasteiger partial charge in [-0.1, -0.05) is 0 Å². The van der Waals surface area contributed by atoms with Crippen LogP contribution in [0.5, 0.6) is 0 Å². The van der Waals surface area contributed by atoms with E-state index in [-0.39, 0.29) is 28.4 Å². The summed E-state index contributed by atoms with van der Waals surface area (Å²) >= 11 is 0. The molecule has 0 aliphatic carbocycles. The fourth-order valence-corrected chi connectivity index (χ4v) is 4.01. The van der Waals surface area contributed by atoms with Crippen molar-refractivity contribution in [1.29, 1.82) is 0 Å². The summed E-state index contributed by atoms with van der Waals surface area (Å²) in [5, 5.41) is 0. The first kappa shape index (κ1) is 18.7. The van der Waals surface area contributed by atoms with E-state index in [1.807, 2.05) is 6.92 Å². The van der Waals surface area contributed by atoms with Gasteiger partial charge in [-0.2, -0.15) is 13.2 Å². The summed E-state index contributed by atoms with van der Waals surface area (Å²) in [6, 6.07) is 5.28. The van der Waals surface area contributed by atoms with Crippen LogP contribution >= 0.6 is 0 Å². The van der Waals surface area contributed by atoms with E-state index in [1.165, 1.54) is 13.0 Å². The van der Waals surface area contributed by atoms with Crippen LogP contribution in [0.3, 0.4) is 0 Å². The number of hydrogen-bond acceptors (Lipinski definition) is 5. The van der Waals surface area contributed by atoms with Gasteiger partial charge in [-0.25, -0.2) is 13.8 Å². The van der Waals surface area contributed by atoms with E-state index >= 15 is 0 Å². The van der Waals surface area contributed by atoms with Crippen molar-refractivity contribution in [2.45, 2.75) is 43.4 Å². The van der Waals surface area contributed by atoms with Crippen molar-refractivity contribution < 1.29 is 26.0 Å². The largest absolute Gasteiger partial charge is 0.463 e. The van der Waals surface area contributed by atoms with Crippen LogP contribution in [0, 0.1) is 6.92 Å². The molecule has 10 heteroatoms. The van der Waals surface area contributed by atoms with Gasteiger partial charge in [0.2, 0.25) is 0 Å². The first-order valence-electron chi connectivity index (χ1n) is 7.88. The molecular formula is C16H18F3N3O3S. The summed E-state index contributed by atoms with van der Waals surface area (Å²) in [4.78, 5) is -0.0475. The van der Waals surface area contributed by atoms with Crippen LogP contribution in [0.4, 0.5) is 18.9 Å². The normalized spacial score (nSPS) is 21.1. The summed E-state index contributed by atoms with van der Waals surface area (Å²) in [7, 11) is -3.99. The molecule has 1 aliphatic rings. The number of nitrogens with one attached hydrogen (secondary N) is 3. The molecule has 2 atom stereocenters. The highest BCUT2D eigenvalue weighted by atomic mass is 32.2. The van der Waals surface area contributed by atoms with Crippen molar-refractivity contribution >= 4 is 15.7 Å². The minimum absolute atomic E-state index is 0.0365. The molecule has 1 aliphatic heterocycles. The van der Waals surface area contributed by atoms with E-state index in [4.69, 9.17) is 4.42 Å². The SMILES string of the molecule is Cc1oc(C2CC(C)NN2)cc1S(=O)(=O)Nc1ccc(C(F)(F)F)cc1. The summed E-state index contributed by atoms with van der Waals surface area (Å²) in [5.74, 6) is 0.688. The molecule has 2 aromatic rings. The average molecular weight is 389 g/mol. The standard InChI is InChI=1S/C16H18F3N3O3S/c1-9-7-13(21-20-9)14-8-15(10(2)25-14)26(23,24)22-12-5-3-11(4-6-12)16(17,18)19/h3-6,8-9,13,20-22H,7H2,1-2H3. The van der Waals surface area contributed by atoms with Crippen molar-refractivity contribution in [3.05, 3.63) is 47.4 Å². The third-order valence-electron chi connectivity index (χ3n) is 4.08. The van der Waals surface area contributed by atoms with Gasteiger partial charge in [0, 0.05) is 17.8 Å². The number of benzene rings is 1. The van der Waals surface area contributed by atoms with Crippen LogP contribution < -0.4 is 15.6 Å². The number of furan rings is 1. The highest BCUT2D eigenvalue weighted by molar-refractivity contribution is 7.92. The van der Waals surface area contributed by atoms with Crippen molar-refractivity contribution in [3.8, 4) is 0 Å². The number of halogens is 3. The van der Waals surface area contributed by atoms with E-state index in [0.29, 0.717) is 5.76 Å². The maximum atomic E-state index is 12.6. The van der Waals surface area contributed by atoms with Crippen LogP contribution in [0.15, 0.2) is 39.6 Å². The Morgan fingerprint density at radius 3 is 2.38 bits per heavy atom. The lowest BCUT2D eigenvalue weighted by atomic mass is 10.1. The number of alkyl halides is 3. The molecule has 0 amide bonds. The molecule has 0 saturated carbocycles. The molecule has 1 aromatic carbocycles. The molecule has 1 aromatic heterocycles. The Hall–Kier alpha value is -2.04. The second kappa shape index (κ2) is 6.60. The molecule has 3 N–H and O–H groups in total. The van der Waals surface area contributed by atoms with E-state index in [1.54, 1.807) is 0 Å². The molecule has 142 valence electrons. The van der Waals surface area contributed by atoms with Crippen molar-refractivity contribution in [2.75, 3.05) is 4.72 Å². The van der Waals surface area contributed by atoms with Gasteiger partial charge in [0.05, 0.1) is 11.6 Å². The predicted octanol–water partition coefficient (Wildman–Crippen LogP) is 3.34. The van der Waals surface area contributed by atoms with Gasteiger partial charge < -0.3 is 4.42 Å². The van der Waals surface area contributed by atoms with E-state index < -0.39 is 21.8 Å². The monoisotopic (exact) mass is 389 g/mol. The molecular weight excluding hydrogens is 371 g/mol. The minimum Gasteiger partial charge on any atom is -0.463 e. The van der Waals surface area contributed by atoms with Gasteiger partial charge in [-0.3, -0.25) is 10.1 Å². The zero-order valence-corrected chi connectivity index (χ0v) is 14.8. The lowest BCUT2D eigenvalue weighted by molar-refractivity contribution is -0.137. The Morgan fingerprint density at radius 2 is 1.85 bits per heavy atom. The Balaban J connectivity index is 1.81. The van der Waals surface area contributed by atoms with E-state index in [0.717, 1.165) is 30.7 Å². The Bertz CT molecular complexity index is 892. The molecule has 0 radical (unpaired) electrons. The molecule has 3 rings (SSSR count). The maximum absolute atomic E-state index is 12.6. The van der Waals surface area contributed by atoms with Crippen molar-refractivity contribution in [3.63, 3.8) is 0 Å². The van der Waals surface area contributed by atoms with Gasteiger partial charge in [-0.05, 0) is 44.5 Å². The number of anilines is 1. The maximum Gasteiger partial charge on any atom is 0.416 e. The van der Waals surface area contributed by atoms with E-state index in [2.05, 4.69) is 15.6 Å². The van der Waals surface area contributed by atoms with Crippen LogP contribution in [0.25, 0.3) is 0 Å². The molecule has 2 unspecified atom stereocenters. The fraction of sp³-hybridized carbons (Fsp3) is 0.375. The third kappa shape index (κ3) is 3.87. The molecule has 0 bridgehead atoms. The summed E-state index contributed by atoms with van der Waals surface area (Å²) < 4.78 is 70.7. The summed E-state index contributed by atoms with van der Waals surface area (Å²) in [6.07, 6.45) is -3.74. The summed E-state index contributed by atoms with van der Waals surface area (Å²) in [6.45, 7) is 3.50. The average Bonchev–Trinajstić information content (AvgIpc) is 3.13. The van der Waals surface area contributed by atoms with Gasteiger partial charge in [0.25, 0.3) is 10.0 Å². The van der Waals surface area contributed by atoms with Crippen molar-refractivity contribution in [1.82, 2.24) is 10.9 Å². The molecule has 1 fully saturated rings. The molecule has 26 heavy (non-hydrogen) atoms. The van der Waals surface area contributed by atoms with Crippen LogP contribution in [-0.2, 0) is 16.2 Å². The number of aryl methyl sites for hydroxylation is 1. The van der Waals surface area contributed by atoms with Crippen LogP contribution in [0.2, 0.25) is 0 Å². The van der Waals surface area contributed by atoms with Gasteiger partial charge in [0.15, 0.2) is 0 Å². The second-order valence-electron chi connectivity index (χ2n) is 6.23. The third-order valence-corrected chi connectivity index (χ3v) is 5.57. The number of hydrogen-bond donors (Lipinski definition) is 3. The zero-order valence-electron chi connectivity index (χ0n) is 14.0. The number of sulfonamides is 1. The minimum atomic E-state index is -4.48. The first-order valence-corrected chi connectivity index (χ1v) is 9.36. The molecule has 2 heterocycles. The highest BCUT2D eigenvalue weighted by Crippen LogP contribution is 2.32. The quantitative estimate of drug-likeness (QED) is 0.747.